The molecule has 0 aliphatic carbocycles. The number of hydrogen-bond donors (Lipinski definition) is 0. The zero-order valence-electron chi connectivity index (χ0n) is 15.8. The minimum absolute atomic E-state index is 0.233. The lowest BCUT2D eigenvalue weighted by atomic mass is 9.64. The Hall–Kier alpha value is -1.98. The molecule has 3 rings (SSSR count). The highest BCUT2D eigenvalue weighted by Crippen LogP contribution is 2.49. The van der Waals surface area contributed by atoms with Gasteiger partial charge in [0, 0.05) is 21.5 Å². The van der Waals surface area contributed by atoms with Gasteiger partial charge in [0.05, 0.1) is 5.41 Å². The molecule has 0 bridgehead atoms. The van der Waals surface area contributed by atoms with Crippen LogP contribution in [-0.2, 0) is 14.3 Å². The normalized spacial score (nSPS) is 24.0. The van der Waals surface area contributed by atoms with E-state index in [0.29, 0.717) is 16.1 Å². The molecule has 1 saturated heterocycles. The Labute approximate surface area is 177 Å². The van der Waals surface area contributed by atoms with Crippen molar-refractivity contribution in [3.05, 3.63) is 69.2 Å². The predicted octanol–water partition coefficient (Wildman–Crippen LogP) is 5.58. The maximum atomic E-state index is 13.4. The summed E-state index contributed by atoms with van der Waals surface area (Å²) in [7, 11) is 0. The molecule has 0 amide bonds. The molecular formula is C22H20BrClO4. The molecule has 0 radical (unpaired) electrons. The number of ether oxygens (including phenoxy) is 1. The summed E-state index contributed by atoms with van der Waals surface area (Å²) in [5.41, 5.74) is -1.38. The van der Waals surface area contributed by atoms with Crippen LogP contribution >= 0.6 is 27.5 Å². The Bertz CT molecular complexity index is 934. The molecule has 0 spiro atoms. The van der Waals surface area contributed by atoms with E-state index in [1.54, 1.807) is 62.4 Å². The molecule has 0 N–H and O–H groups in total. The van der Waals surface area contributed by atoms with Crippen molar-refractivity contribution in [2.24, 2.45) is 10.8 Å². The van der Waals surface area contributed by atoms with Gasteiger partial charge in [-0.3, -0.25) is 14.4 Å². The lowest BCUT2D eigenvalue weighted by Gasteiger charge is -2.44. The molecular weight excluding hydrogens is 444 g/mol. The number of carbonyl (C=O) groups is 3. The van der Waals surface area contributed by atoms with Gasteiger partial charge in [-0.05, 0) is 50.6 Å². The van der Waals surface area contributed by atoms with E-state index in [0.717, 1.165) is 4.47 Å². The molecule has 0 saturated carbocycles. The highest BCUT2D eigenvalue weighted by Gasteiger charge is 2.58. The Morgan fingerprint density at radius 2 is 1.61 bits per heavy atom. The molecule has 1 fully saturated rings. The van der Waals surface area contributed by atoms with Crippen LogP contribution in [0.15, 0.2) is 53.0 Å². The largest absolute Gasteiger partial charge is 0.456 e. The van der Waals surface area contributed by atoms with E-state index in [-0.39, 0.29) is 18.0 Å². The molecule has 0 unspecified atom stereocenters. The third kappa shape index (κ3) is 3.65. The van der Waals surface area contributed by atoms with Crippen LogP contribution in [0.3, 0.4) is 0 Å². The number of cyclic esters (lactones) is 1. The first kappa shape index (κ1) is 20.7. The van der Waals surface area contributed by atoms with Crippen molar-refractivity contribution < 1.29 is 19.1 Å². The number of halogens is 2. The van der Waals surface area contributed by atoms with Gasteiger partial charge in [0.25, 0.3) is 0 Å². The number of hydrogen-bond acceptors (Lipinski definition) is 4. The van der Waals surface area contributed by atoms with Gasteiger partial charge in [0.2, 0.25) is 0 Å². The highest BCUT2D eigenvalue weighted by molar-refractivity contribution is 9.10. The number of benzene rings is 2. The third-order valence-electron chi connectivity index (χ3n) is 5.27. The summed E-state index contributed by atoms with van der Waals surface area (Å²) in [6.45, 7) is 4.97. The number of Topliss-reactive ketones (excluding diaryl/α,β-unsaturated/α-hetero) is 2. The van der Waals surface area contributed by atoms with Crippen molar-refractivity contribution in [2.45, 2.75) is 33.3 Å². The number of esters is 1. The number of ketones is 2. The molecule has 2 atom stereocenters. The summed E-state index contributed by atoms with van der Waals surface area (Å²) in [5, 5.41) is 0.556. The average Bonchev–Trinajstić information content (AvgIpc) is 2.65. The summed E-state index contributed by atoms with van der Waals surface area (Å²) < 4.78 is 6.55. The van der Waals surface area contributed by atoms with E-state index in [9.17, 15) is 14.4 Å². The van der Waals surface area contributed by atoms with Gasteiger partial charge in [-0.25, -0.2) is 0 Å². The van der Waals surface area contributed by atoms with Crippen LogP contribution in [-0.4, -0.2) is 17.5 Å². The SMILES string of the molecule is CC1(C)C(=O)[C@](C)(CC(=O)c2ccc(Br)cc2)C(=O)O[C@H]1c1ccc(Cl)cc1. The standard InChI is InChI=1S/C22H20BrClO4/c1-21(2)18(14-6-10-16(24)11-7-14)28-20(27)22(3,19(21)26)12-17(25)13-4-8-15(23)9-5-13/h4-11,18H,12H2,1-3H3/t18-,22-/m0/s1. The third-order valence-corrected chi connectivity index (χ3v) is 6.05. The summed E-state index contributed by atoms with van der Waals surface area (Å²) in [6.07, 6.45) is -0.969. The lowest BCUT2D eigenvalue weighted by Crippen LogP contribution is -2.54. The van der Waals surface area contributed by atoms with E-state index in [2.05, 4.69) is 15.9 Å². The van der Waals surface area contributed by atoms with Crippen molar-refractivity contribution in [2.75, 3.05) is 0 Å². The fourth-order valence-corrected chi connectivity index (χ4v) is 4.03. The average molecular weight is 464 g/mol. The van der Waals surface area contributed by atoms with Crippen LogP contribution in [0, 0.1) is 10.8 Å². The molecule has 6 heteroatoms. The smallest absolute Gasteiger partial charge is 0.320 e. The van der Waals surface area contributed by atoms with E-state index < -0.39 is 22.9 Å². The molecule has 1 aliphatic rings. The second-order valence-electron chi connectivity index (χ2n) is 7.83. The Balaban J connectivity index is 1.90. The van der Waals surface area contributed by atoms with Crippen LogP contribution in [0.1, 0.15) is 49.2 Å². The molecule has 146 valence electrons. The molecule has 2 aromatic carbocycles. The van der Waals surface area contributed by atoms with E-state index in [1.807, 2.05) is 0 Å². The van der Waals surface area contributed by atoms with Crippen LogP contribution in [0.2, 0.25) is 5.02 Å². The summed E-state index contributed by atoms with van der Waals surface area (Å²) in [4.78, 5) is 39.0. The summed E-state index contributed by atoms with van der Waals surface area (Å²) >= 11 is 9.26. The van der Waals surface area contributed by atoms with Gasteiger partial charge in [-0.15, -0.1) is 0 Å². The fourth-order valence-electron chi connectivity index (χ4n) is 3.64. The van der Waals surface area contributed by atoms with Crippen molar-refractivity contribution in [1.82, 2.24) is 0 Å². The second kappa shape index (κ2) is 7.45. The molecule has 1 aliphatic heterocycles. The first-order valence-electron chi connectivity index (χ1n) is 8.86. The van der Waals surface area contributed by atoms with Crippen LogP contribution in [0.5, 0.6) is 0 Å². The zero-order chi connectivity index (χ0) is 20.7. The first-order chi connectivity index (χ1) is 13.1. The van der Waals surface area contributed by atoms with Gasteiger partial charge >= 0.3 is 5.97 Å². The van der Waals surface area contributed by atoms with Gasteiger partial charge in [-0.1, -0.05) is 51.8 Å². The van der Waals surface area contributed by atoms with Gasteiger partial charge in [-0.2, -0.15) is 0 Å². The minimum Gasteiger partial charge on any atom is -0.456 e. The van der Waals surface area contributed by atoms with Gasteiger partial charge in [0.1, 0.15) is 11.5 Å². The monoisotopic (exact) mass is 462 g/mol. The highest BCUT2D eigenvalue weighted by atomic mass is 79.9. The van der Waals surface area contributed by atoms with Crippen molar-refractivity contribution in [3.63, 3.8) is 0 Å². The van der Waals surface area contributed by atoms with E-state index in [4.69, 9.17) is 16.3 Å². The van der Waals surface area contributed by atoms with Crippen molar-refractivity contribution >= 4 is 45.1 Å². The van der Waals surface area contributed by atoms with Gasteiger partial charge < -0.3 is 4.74 Å². The summed E-state index contributed by atoms with van der Waals surface area (Å²) in [6, 6.07) is 13.7. The Kier molecular flexibility index (Phi) is 5.52. The maximum Gasteiger partial charge on any atom is 0.320 e. The molecule has 28 heavy (non-hydrogen) atoms. The van der Waals surface area contributed by atoms with Crippen molar-refractivity contribution in [1.29, 1.82) is 0 Å². The predicted molar refractivity (Wildman–Crippen MR) is 110 cm³/mol. The zero-order valence-corrected chi connectivity index (χ0v) is 18.1. The molecule has 0 aromatic heterocycles. The van der Waals surface area contributed by atoms with Gasteiger partial charge in [0.15, 0.2) is 11.6 Å². The van der Waals surface area contributed by atoms with E-state index >= 15 is 0 Å². The number of carbonyl (C=O) groups excluding carboxylic acids is 3. The van der Waals surface area contributed by atoms with Crippen LogP contribution in [0.4, 0.5) is 0 Å². The minimum atomic E-state index is -1.53. The second-order valence-corrected chi connectivity index (χ2v) is 9.18. The Morgan fingerprint density at radius 3 is 2.18 bits per heavy atom. The van der Waals surface area contributed by atoms with Crippen LogP contribution < -0.4 is 0 Å². The summed E-state index contributed by atoms with van der Waals surface area (Å²) in [5.74, 6) is -1.26. The molecule has 4 nitrogen and oxygen atoms in total. The van der Waals surface area contributed by atoms with E-state index in [1.165, 1.54) is 6.92 Å². The fraction of sp³-hybridized carbons (Fsp3) is 0.318. The topological polar surface area (TPSA) is 60.4 Å². The Morgan fingerprint density at radius 1 is 1.04 bits per heavy atom. The number of rotatable bonds is 4. The first-order valence-corrected chi connectivity index (χ1v) is 10.0. The van der Waals surface area contributed by atoms with Crippen LogP contribution in [0.25, 0.3) is 0 Å². The maximum absolute atomic E-state index is 13.4. The quantitative estimate of drug-likeness (QED) is 0.338. The molecule has 2 aromatic rings. The molecule has 1 heterocycles. The lowest BCUT2D eigenvalue weighted by molar-refractivity contribution is -0.187. The van der Waals surface area contributed by atoms with Crippen molar-refractivity contribution in [3.8, 4) is 0 Å².